The third-order valence-electron chi connectivity index (χ3n) is 6.77. The number of phenolic OH excluding ortho intramolecular Hbond substituents is 2. The van der Waals surface area contributed by atoms with Crippen LogP contribution < -0.4 is 39.4 Å². The first kappa shape index (κ1) is 33.9. The van der Waals surface area contributed by atoms with Crippen LogP contribution in [0.15, 0.2) is 64.4 Å². The maximum absolute atomic E-state index is 12.4. The number of phenols is 2. The van der Waals surface area contributed by atoms with E-state index >= 15 is 0 Å². The summed E-state index contributed by atoms with van der Waals surface area (Å²) in [5.74, 6) is -1.58. The second kappa shape index (κ2) is 13.6. The van der Waals surface area contributed by atoms with E-state index in [4.69, 9.17) is 0 Å². The van der Waals surface area contributed by atoms with E-state index in [-0.39, 0.29) is 57.7 Å². The van der Waals surface area contributed by atoms with Gasteiger partial charge in [0.05, 0.1) is 9.79 Å². The van der Waals surface area contributed by atoms with E-state index in [0.29, 0.717) is 43.6 Å². The number of rotatable bonds is 11. The van der Waals surface area contributed by atoms with Gasteiger partial charge >= 0.3 is 29.6 Å². The third kappa shape index (κ3) is 7.30. The first-order valence-electron chi connectivity index (χ1n) is 12.5. The van der Waals surface area contributed by atoms with Crippen molar-refractivity contribution in [2.45, 2.75) is 43.4 Å². The predicted molar refractivity (Wildman–Crippen MR) is 149 cm³/mol. The molecule has 0 aliphatic rings. The van der Waals surface area contributed by atoms with Crippen molar-refractivity contribution >= 4 is 31.6 Å². The zero-order valence-corrected chi connectivity index (χ0v) is 26.8. The van der Waals surface area contributed by atoms with Crippen molar-refractivity contribution in [2.24, 2.45) is 0 Å². The Labute approximate surface area is 258 Å². The Morgan fingerprint density at radius 2 is 1.10 bits per heavy atom. The van der Waals surface area contributed by atoms with Crippen LogP contribution in [-0.4, -0.2) is 62.3 Å². The largest absolute Gasteiger partial charge is 1.00 e. The Morgan fingerprint density at radius 1 is 0.700 bits per heavy atom. The molecule has 0 aliphatic heterocycles. The van der Waals surface area contributed by atoms with Crippen LogP contribution in [0.5, 0.6) is 11.5 Å². The average molecular weight is 601 g/mol. The zero-order chi connectivity index (χ0) is 29.1. The van der Waals surface area contributed by atoms with Crippen LogP contribution in [0.25, 0.3) is 0 Å². The fourth-order valence-corrected chi connectivity index (χ4v) is 6.09. The summed E-state index contributed by atoms with van der Waals surface area (Å²) in [6, 6.07) is 12.3. The molecular weight excluding hydrogens is 567 g/mol. The Hall–Kier alpha value is -2.32. The van der Waals surface area contributed by atoms with Gasteiger partial charge in [0, 0.05) is 66.7 Å². The predicted octanol–water partition coefficient (Wildman–Crippen LogP) is 1.13. The van der Waals surface area contributed by atoms with E-state index in [1.165, 1.54) is 12.1 Å². The van der Waals surface area contributed by atoms with E-state index in [9.17, 15) is 36.2 Å². The van der Waals surface area contributed by atoms with E-state index in [2.05, 4.69) is 0 Å². The Kier molecular flexibility index (Phi) is 11.5. The molecule has 0 aromatic heterocycles. The maximum Gasteiger partial charge on any atom is 1.00 e. The second-order valence-corrected chi connectivity index (χ2v) is 11.7. The smallest absolute Gasteiger partial charge is 0.744 e. The molecule has 3 aromatic rings. The minimum Gasteiger partial charge on any atom is -0.744 e. The molecule has 0 fully saturated rings. The summed E-state index contributed by atoms with van der Waals surface area (Å²) in [6.45, 7) is 10.5. The Balaban J connectivity index is 0.00000560. The number of hydrogen-bond acceptors (Lipinski definition) is 9. The SMILES string of the molecule is CCN(CC)c1ccc(C(c2ccc(N(CC)CC)cc2O)c2ccc(S(=O)(=O)[O-])cc2S(=O)(=O)O)c(O)c1.[Na+]. The summed E-state index contributed by atoms with van der Waals surface area (Å²) in [7, 11) is -10.1. The fourth-order valence-electron chi connectivity index (χ4n) is 4.76. The normalized spacial score (nSPS) is 11.8. The summed E-state index contributed by atoms with van der Waals surface area (Å²) >= 11 is 0. The van der Waals surface area contributed by atoms with Crippen molar-refractivity contribution < 1.29 is 65.7 Å². The van der Waals surface area contributed by atoms with Crippen molar-refractivity contribution in [2.75, 3.05) is 36.0 Å². The molecule has 0 aliphatic carbocycles. The summed E-state index contributed by atoms with van der Waals surface area (Å²) in [5, 5.41) is 22.3. The Morgan fingerprint density at radius 3 is 1.43 bits per heavy atom. The molecular formula is C27H33N2NaO8S2. The van der Waals surface area contributed by atoms with Gasteiger partial charge < -0.3 is 24.6 Å². The Bertz CT molecular complexity index is 1490. The quantitative estimate of drug-likeness (QED) is 0.165. The molecule has 0 saturated carbocycles. The van der Waals surface area contributed by atoms with Crippen molar-refractivity contribution in [3.05, 3.63) is 71.3 Å². The molecule has 0 atom stereocenters. The van der Waals surface area contributed by atoms with Crippen LogP contribution in [-0.2, 0) is 20.2 Å². The minimum absolute atomic E-state index is 0. The van der Waals surface area contributed by atoms with Gasteiger partial charge in [-0.1, -0.05) is 18.2 Å². The van der Waals surface area contributed by atoms with Crippen LogP contribution in [0, 0.1) is 0 Å². The summed E-state index contributed by atoms with van der Waals surface area (Å²) in [5.41, 5.74) is 1.67. The zero-order valence-electron chi connectivity index (χ0n) is 23.2. The van der Waals surface area contributed by atoms with Crippen molar-refractivity contribution in [1.82, 2.24) is 0 Å². The van der Waals surface area contributed by atoms with Gasteiger partial charge in [-0.05, 0) is 57.5 Å². The molecule has 10 nitrogen and oxygen atoms in total. The molecule has 13 heteroatoms. The number of aromatic hydroxyl groups is 2. The van der Waals surface area contributed by atoms with Gasteiger partial charge in [-0.15, -0.1) is 0 Å². The van der Waals surface area contributed by atoms with E-state index < -0.39 is 35.9 Å². The van der Waals surface area contributed by atoms with Gasteiger partial charge in [0.25, 0.3) is 10.1 Å². The summed E-state index contributed by atoms with van der Waals surface area (Å²) in [4.78, 5) is 2.31. The molecule has 0 bridgehead atoms. The molecule has 3 N–H and O–H groups in total. The molecule has 0 spiro atoms. The molecule has 0 heterocycles. The summed E-state index contributed by atoms with van der Waals surface area (Å²) < 4.78 is 69.8. The van der Waals surface area contributed by atoms with Crippen molar-refractivity contribution in [3.63, 3.8) is 0 Å². The van der Waals surface area contributed by atoms with E-state index in [1.807, 2.05) is 37.5 Å². The topological polar surface area (TPSA) is 159 Å². The molecule has 0 radical (unpaired) electrons. The van der Waals surface area contributed by atoms with Crippen LogP contribution in [0.2, 0.25) is 0 Å². The molecule has 0 saturated heterocycles. The molecule has 212 valence electrons. The van der Waals surface area contributed by atoms with E-state index in [1.54, 1.807) is 24.3 Å². The molecule has 40 heavy (non-hydrogen) atoms. The van der Waals surface area contributed by atoms with Gasteiger partial charge in [0.15, 0.2) is 0 Å². The number of anilines is 2. The first-order valence-corrected chi connectivity index (χ1v) is 15.3. The van der Waals surface area contributed by atoms with Gasteiger partial charge in [-0.3, -0.25) is 4.55 Å². The molecule has 3 aromatic carbocycles. The number of hydrogen-bond donors (Lipinski definition) is 3. The minimum atomic E-state index is -5.05. The van der Waals surface area contributed by atoms with Crippen molar-refractivity contribution in [3.8, 4) is 11.5 Å². The monoisotopic (exact) mass is 600 g/mol. The van der Waals surface area contributed by atoms with Crippen LogP contribution in [0.3, 0.4) is 0 Å². The second-order valence-electron chi connectivity index (χ2n) is 8.89. The average Bonchev–Trinajstić information content (AvgIpc) is 2.87. The fraction of sp³-hybridized carbons (Fsp3) is 0.333. The van der Waals surface area contributed by atoms with Crippen LogP contribution >= 0.6 is 0 Å². The van der Waals surface area contributed by atoms with Gasteiger partial charge in [0.2, 0.25) is 0 Å². The number of benzene rings is 3. The standard InChI is InChI=1S/C27H34N2O8S2.Na/c1-5-28(6-2)18-9-12-21(24(30)15-18)27(22-13-10-19(16-25(22)31)29(7-3)8-4)23-14-11-20(38(32,33)34)17-26(23)39(35,36)37;/h9-17,27,30-31H,5-8H2,1-4H3,(H,32,33,34)(H,35,36,37);/q;+1/p-1. The van der Waals surface area contributed by atoms with Gasteiger partial charge in [-0.2, -0.15) is 8.42 Å². The van der Waals surface area contributed by atoms with Crippen LogP contribution in [0.4, 0.5) is 11.4 Å². The molecule has 3 rings (SSSR count). The van der Waals surface area contributed by atoms with Gasteiger partial charge in [-0.25, -0.2) is 8.42 Å². The van der Waals surface area contributed by atoms with Crippen molar-refractivity contribution in [1.29, 1.82) is 0 Å². The van der Waals surface area contributed by atoms with Gasteiger partial charge in [0.1, 0.15) is 21.6 Å². The summed E-state index contributed by atoms with van der Waals surface area (Å²) in [6.07, 6.45) is 0. The third-order valence-corrected chi connectivity index (χ3v) is 8.51. The molecule has 0 unspecified atom stereocenters. The number of nitrogens with zero attached hydrogens (tertiary/aromatic N) is 2. The van der Waals surface area contributed by atoms with E-state index in [0.717, 1.165) is 12.1 Å². The molecule has 0 amide bonds. The first-order chi connectivity index (χ1) is 18.3. The van der Waals surface area contributed by atoms with Crippen LogP contribution in [0.1, 0.15) is 50.3 Å². The maximum atomic E-state index is 12.4.